The summed E-state index contributed by atoms with van der Waals surface area (Å²) in [5, 5.41) is 19.6. The van der Waals surface area contributed by atoms with Crippen molar-refractivity contribution in [1.29, 1.82) is 0 Å². The summed E-state index contributed by atoms with van der Waals surface area (Å²) in [6, 6.07) is 12.9. The Labute approximate surface area is 161 Å². The number of carbonyl (C=O) groups is 1. The molecule has 7 heteroatoms. The van der Waals surface area contributed by atoms with Crippen LogP contribution in [0.5, 0.6) is 0 Å². The predicted molar refractivity (Wildman–Crippen MR) is 101 cm³/mol. The molecule has 3 rings (SSSR count). The first-order chi connectivity index (χ1) is 13.0. The number of aliphatic hydroxyl groups is 1. The van der Waals surface area contributed by atoms with Crippen LogP contribution in [0.25, 0.3) is 11.5 Å². The van der Waals surface area contributed by atoms with Crippen molar-refractivity contribution in [3.05, 3.63) is 70.1 Å². The second kappa shape index (κ2) is 8.49. The first-order valence-corrected chi connectivity index (χ1v) is 8.51. The van der Waals surface area contributed by atoms with E-state index in [-0.39, 0.29) is 24.3 Å². The molecule has 0 spiro atoms. The lowest BCUT2D eigenvalue weighted by molar-refractivity contribution is -0.115. The highest BCUT2D eigenvalue weighted by Crippen LogP contribution is 2.24. The molecule has 1 heterocycles. The van der Waals surface area contributed by atoms with Crippen molar-refractivity contribution >= 4 is 17.5 Å². The number of hydrogen-bond acceptors (Lipinski definition) is 5. The van der Waals surface area contributed by atoms with E-state index in [2.05, 4.69) is 27.4 Å². The van der Waals surface area contributed by atoms with E-state index in [1.165, 1.54) is 0 Å². The first-order valence-electron chi connectivity index (χ1n) is 8.13. The Kier molecular flexibility index (Phi) is 5.87. The molecular formula is C20H16ClN3O3. The van der Waals surface area contributed by atoms with E-state index in [1.807, 2.05) is 31.2 Å². The number of hydrogen-bond donors (Lipinski definition) is 2. The van der Waals surface area contributed by atoms with Gasteiger partial charge < -0.3 is 14.8 Å². The fourth-order valence-electron chi connectivity index (χ4n) is 2.24. The molecule has 27 heavy (non-hydrogen) atoms. The van der Waals surface area contributed by atoms with Crippen LogP contribution in [0.15, 0.2) is 46.9 Å². The van der Waals surface area contributed by atoms with E-state index in [9.17, 15) is 4.79 Å². The van der Waals surface area contributed by atoms with Gasteiger partial charge in [0.1, 0.15) is 6.61 Å². The van der Waals surface area contributed by atoms with Gasteiger partial charge in [-0.05, 0) is 30.7 Å². The number of nitrogens with zero attached hydrogens (tertiary/aromatic N) is 2. The molecule has 0 bridgehead atoms. The number of aliphatic hydroxyl groups excluding tert-OH is 1. The molecule has 2 N–H and O–H groups in total. The minimum Gasteiger partial charge on any atom is -0.418 e. The van der Waals surface area contributed by atoms with Crippen LogP contribution in [-0.2, 0) is 17.9 Å². The number of nitrogens with one attached hydrogen (secondary N) is 1. The second-order valence-electron chi connectivity index (χ2n) is 5.77. The Morgan fingerprint density at radius 1 is 1.22 bits per heavy atom. The quantitative estimate of drug-likeness (QED) is 0.678. The first kappa shape index (κ1) is 18.6. The van der Waals surface area contributed by atoms with Crippen molar-refractivity contribution in [2.75, 3.05) is 0 Å². The fourth-order valence-corrected chi connectivity index (χ4v) is 2.47. The summed E-state index contributed by atoms with van der Waals surface area (Å²) in [7, 11) is 0. The van der Waals surface area contributed by atoms with E-state index in [1.54, 1.807) is 18.2 Å². The maximum Gasteiger partial charge on any atom is 0.296 e. The maximum atomic E-state index is 11.9. The number of halogens is 1. The Bertz CT molecular complexity index is 1020. The lowest BCUT2D eigenvalue weighted by Crippen LogP contribution is -2.20. The van der Waals surface area contributed by atoms with Gasteiger partial charge in [0.05, 0.1) is 5.02 Å². The molecule has 0 atom stereocenters. The molecule has 1 aromatic heterocycles. The summed E-state index contributed by atoms with van der Waals surface area (Å²) >= 11 is 6.22. The van der Waals surface area contributed by atoms with Gasteiger partial charge >= 0.3 is 0 Å². The summed E-state index contributed by atoms with van der Waals surface area (Å²) in [4.78, 5) is 11.9. The van der Waals surface area contributed by atoms with Gasteiger partial charge in [0.2, 0.25) is 11.8 Å². The topological polar surface area (TPSA) is 88.2 Å². The molecule has 0 fully saturated rings. The van der Waals surface area contributed by atoms with Crippen LogP contribution in [-0.4, -0.2) is 21.2 Å². The Hall–Kier alpha value is -3.14. The number of aromatic nitrogens is 2. The predicted octanol–water partition coefficient (Wildman–Crippen LogP) is 2.86. The van der Waals surface area contributed by atoms with E-state index >= 15 is 0 Å². The summed E-state index contributed by atoms with van der Waals surface area (Å²) in [5.41, 5.74) is 3.27. The largest absolute Gasteiger partial charge is 0.418 e. The Morgan fingerprint density at radius 3 is 2.67 bits per heavy atom. The van der Waals surface area contributed by atoms with E-state index in [0.29, 0.717) is 22.7 Å². The van der Waals surface area contributed by atoms with Crippen molar-refractivity contribution in [2.24, 2.45) is 0 Å². The van der Waals surface area contributed by atoms with Crippen LogP contribution in [0, 0.1) is 18.8 Å². The molecule has 2 aromatic carbocycles. The summed E-state index contributed by atoms with van der Waals surface area (Å²) in [6.45, 7) is 2.08. The van der Waals surface area contributed by atoms with Gasteiger partial charge in [-0.2, -0.15) is 0 Å². The molecule has 0 saturated heterocycles. The van der Waals surface area contributed by atoms with Crippen molar-refractivity contribution in [3.8, 4) is 23.3 Å². The highest BCUT2D eigenvalue weighted by molar-refractivity contribution is 6.32. The Morgan fingerprint density at radius 2 is 2.00 bits per heavy atom. The molecule has 0 radical (unpaired) electrons. The van der Waals surface area contributed by atoms with Gasteiger partial charge in [-0.15, -0.1) is 10.2 Å². The molecule has 0 aliphatic heterocycles. The van der Waals surface area contributed by atoms with Crippen LogP contribution in [0.1, 0.15) is 22.6 Å². The lowest BCUT2D eigenvalue weighted by atomic mass is 10.1. The summed E-state index contributed by atoms with van der Waals surface area (Å²) < 4.78 is 5.26. The molecule has 0 aliphatic carbocycles. The zero-order valence-electron chi connectivity index (χ0n) is 14.5. The molecule has 3 aromatic rings. The van der Waals surface area contributed by atoms with Crippen LogP contribution >= 0.6 is 11.6 Å². The van der Waals surface area contributed by atoms with Crippen molar-refractivity contribution in [1.82, 2.24) is 15.5 Å². The van der Waals surface area contributed by atoms with Gasteiger partial charge in [0.15, 0.2) is 0 Å². The zero-order chi connectivity index (χ0) is 19.2. The molecule has 0 unspecified atom stereocenters. The highest BCUT2D eigenvalue weighted by atomic mass is 35.5. The summed E-state index contributed by atoms with van der Waals surface area (Å²) in [5.74, 6) is 5.26. The minimum atomic E-state index is -0.389. The number of carbonyl (C=O) groups excluding carboxylic acids is 1. The number of rotatable bonds is 4. The third kappa shape index (κ3) is 4.94. The van der Waals surface area contributed by atoms with Crippen LogP contribution in [0.3, 0.4) is 0 Å². The third-order valence-electron chi connectivity index (χ3n) is 3.70. The molecule has 0 aliphatic rings. The molecule has 136 valence electrons. The monoisotopic (exact) mass is 381 g/mol. The average Bonchev–Trinajstić information content (AvgIpc) is 3.16. The van der Waals surface area contributed by atoms with Crippen LogP contribution < -0.4 is 5.32 Å². The van der Waals surface area contributed by atoms with Crippen molar-refractivity contribution in [2.45, 2.75) is 20.1 Å². The lowest BCUT2D eigenvalue weighted by Gasteiger charge is -2.02. The minimum absolute atomic E-state index is 0.121. The summed E-state index contributed by atoms with van der Waals surface area (Å²) in [6.07, 6.45) is 0. The number of aryl methyl sites for hydroxylation is 1. The molecule has 6 nitrogen and oxygen atoms in total. The van der Waals surface area contributed by atoms with Gasteiger partial charge in [-0.25, -0.2) is 0 Å². The SMILES string of the molecule is Cc1ccc(CNC(=O)C#Cc2ccc(-c3nnc(CO)o3)cc2Cl)cc1. The van der Waals surface area contributed by atoms with E-state index < -0.39 is 0 Å². The number of benzene rings is 2. The third-order valence-corrected chi connectivity index (χ3v) is 4.02. The van der Waals surface area contributed by atoms with Gasteiger partial charge in [-0.3, -0.25) is 4.79 Å². The zero-order valence-corrected chi connectivity index (χ0v) is 15.2. The normalized spacial score (nSPS) is 10.2. The maximum absolute atomic E-state index is 11.9. The van der Waals surface area contributed by atoms with Gasteiger partial charge in [-0.1, -0.05) is 47.4 Å². The molecular weight excluding hydrogens is 366 g/mol. The van der Waals surface area contributed by atoms with Crippen molar-refractivity contribution < 1.29 is 14.3 Å². The van der Waals surface area contributed by atoms with Gasteiger partial charge in [0, 0.05) is 23.6 Å². The van der Waals surface area contributed by atoms with Gasteiger partial charge in [0.25, 0.3) is 5.91 Å². The average molecular weight is 382 g/mol. The van der Waals surface area contributed by atoms with Crippen LogP contribution in [0.2, 0.25) is 5.02 Å². The Balaban J connectivity index is 1.65. The molecule has 0 saturated carbocycles. The van der Waals surface area contributed by atoms with E-state index in [4.69, 9.17) is 21.1 Å². The smallest absolute Gasteiger partial charge is 0.296 e. The highest BCUT2D eigenvalue weighted by Gasteiger charge is 2.09. The number of amides is 1. The second-order valence-corrected chi connectivity index (χ2v) is 6.18. The van der Waals surface area contributed by atoms with Crippen molar-refractivity contribution in [3.63, 3.8) is 0 Å². The van der Waals surface area contributed by atoms with E-state index in [0.717, 1.165) is 11.1 Å². The van der Waals surface area contributed by atoms with Crippen LogP contribution in [0.4, 0.5) is 0 Å². The fraction of sp³-hybridized carbons (Fsp3) is 0.150. The molecule has 1 amide bonds. The standard InChI is InChI=1S/C20H16ClN3O3/c1-13-2-4-14(5-3-13)11-22-18(26)9-8-15-6-7-16(10-17(15)21)20-24-23-19(12-25)27-20/h2-7,10,25H,11-12H2,1H3,(H,22,26).